The van der Waals surface area contributed by atoms with Crippen molar-refractivity contribution in [3.05, 3.63) is 140 Å². The molecule has 0 saturated heterocycles. The monoisotopic (exact) mass is 549 g/mol. The summed E-state index contributed by atoms with van der Waals surface area (Å²) in [6.45, 7) is 0. The van der Waals surface area contributed by atoms with Crippen molar-refractivity contribution in [1.82, 2.24) is 15.0 Å². The van der Waals surface area contributed by atoms with E-state index < -0.39 is 0 Å². The largest absolute Gasteiger partial charge is 0.455 e. The van der Waals surface area contributed by atoms with Crippen LogP contribution in [0.5, 0.6) is 0 Å². The third-order valence-corrected chi connectivity index (χ3v) is 8.31. The van der Waals surface area contributed by atoms with Crippen LogP contribution in [-0.4, -0.2) is 15.0 Å². The molecule has 0 N–H and O–H groups in total. The molecule has 4 nitrogen and oxygen atoms in total. The highest BCUT2D eigenvalue weighted by atomic mass is 16.3. The molecule has 0 spiro atoms. The lowest BCUT2D eigenvalue weighted by Crippen LogP contribution is -1.91. The summed E-state index contributed by atoms with van der Waals surface area (Å²) in [4.78, 5) is 15.1. The van der Waals surface area contributed by atoms with Crippen LogP contribution in [0.2, 0.25) is 0 Å². The molecule has 5 aromatic carbocycles. The minimum atomic E-state index is 0.833. The smallest absolute Gasteiger partial charge is 0.143 e. The third-order valence-electron chi connectivity index (χ3n) is 8.31. The van der Waals surface area contributed by atoms with Crippen molar-refractivity contribution in [2.24, 2.45) is 0 Å². The van der Waals surface area contributed by atoms with Crippen molar-refractivity contribution in [1.29, 1.82) is 0 Å². The van der Waals surface area contributed by atoms with Gasteiger partial charge >= 0.3 is 0 Å². The fraction of sp³-hybridized carbons (Fsp3) is 0. The van der Waals surface area contributed by atoms with Crippen molar-refractivity contribution in [3.8, 4) is 33.8 Å². The fourth-order valence-electron chi connectivity index (χ4n) is 6.28. The topological polar surface area (TPSA) is 51.8 Å². The van der Waals surface area contributed by atoms with E-state index in [9.17, 15) is 0 Å². The molecule has 0 unspecified atom stereocenters. The number of furan rings is 1. The Kier molecular flexibility index (Phi) is 5.16. The van der Waals surface area contributed by atoms with Gasteiger partial charge in [0.05, 0.1) is 28.1 Å². The molecule has 200 valence electrons. The summed E-state index contributed by atoms with van der Waals surface area (Å²) in [5.74, 6) is 0. The molecule has 0 aliphatic rings. The van der Waals surface area contributed by atoms with Crippen molar-refractivity contribution in [3.63, 3.8) is 0 Å². The van der Waals surface area contributed by atoms with Gasteiger partial charge in [0.2, 0.25) is 0 Å². The second-order valence-corrected chi connectivity index (χ2v) is 10.8. The minimum absolute atomic E-state index is 0.833. The highest BCUT2D eigenvalue weighted by Gasteiger charge is 2.19. The zero-order valence-electron chi connectivity index (χ0n) is 23.0. The molecule has 0 aliphatic carbocycles. The first kappa shape index (κ1) is 23.8. The number of rotatable bonds is 3. The van der Waals surface area contributed by atoms with Crippen LogP contribution in [0.4, 0.5) is 0 Å². The van der Waals surface area contributed by atoms with Crippen LogP contribution in [0.3, 0.4) is 0 Å². The predicted octanol–water partition coefficient (Wildman–Crippen LogP) is 10.2. The van der Waals surface area contributed by atoms with Crippen LogP contribution >= 0.6 is 0 Å². The Morgan fingerprint density at radius 3 is 1.95 bits per heavy atom. The lowest BCUT2D eigenvalue weighted by molar-refractivity contribution is 0.673. The molecular weight excluding hydrogens is 526 g/mol. The van der Waals surface area contributed by atoms with Gasteiger partial charge in [0, 0.05) is 49.8 Å². The van der Waals surface area contributed by atoms with Gasteiger partial charge in [-0.2, -0.15) is 0 Å². The normalized spacial score (nSPS) is 11.7. The van der Waals surface area contributed by atoms with Gasteiger partial charge in [-0.3, -0.25) is 4.98 Å². The van der Waals surface area contributed by atoms with Crippen LogP contribution in [0.25, 0.3) is 88.3 Å². The molecule has 0 bridgehead atoms. The first-order valence-corrected chi connectivity index (χ1v) is 14.4. The molecule has 0 aliphatic heterocycles. The maximum absolute atomic E-state index is 6.58. The summed E-state index contributed by atoms with van der Waals surface area (Å²) in [5, 5.41) is 6.40. The predicted molar refractivity (Wildman–Crippen MR) is 176 cm³/mol. The number of hydrogen-bond acceptors (Lipinski definition) is 4. The van der Waals surface area contributed by atoms with Gasteiger partial charge in [0.25, 0.3) is 0 Å². The van der Waals surface area contributed by atoms with Gasteiger partial charge in [-0.25, -0.2) is 9.97 Å². The summed E-state index contributed by atoms with van der Waals surface area (Å²) in [7, 11) is 0. The molecule has 9 aromatic rings. The number of benzene rings is 5. The zero-order chi connectivity index (χ0) is 28.3. The van der Waals surface area contributed by atoms with E-state index in [4.69, 9.17) is 19.4 Å². The summed E-state index contributed by atoms with van der Waals surface area (Å²) in [6, 6.07) is 45.8. The summed E-state index contributed by atoms with van der Waals surface area (Å²) in [6.07, 6.45) is 1.84. The Balaban J connectivity index is 1.32. The van der Waals surface area contributed by atoms with Gasteiger partial charge in [-0.05, 0) is 41.8 Å². The first-order chi connectivity index (χ1) is 21.3. The van der Waals surface area contributed by atoms with Crippen molar-refractivity contribution >= 4 is 54.5 Å². The van der Waals surface area contributed by atoms with Gasteiger partial charge in [-0.15, -0.1) is 0 Å². The van der Waals surface area contributed by atoms with Crippen LogP contribution < -0.4 is 0 Å². The first-order valence-electron chi connectivity index (χ1n) is 14.4. The molecule has 0 fully saturated rings. The maximum atomic E-state index is 6.58. The number of hydrogen-bond donors (Lipinski definition) is 0. The van der Waals surface area contributed by atoms with Crippen molar-refractivity contribution in [2.45, 2.75) is 0 Å². The molecule has 9 rings (SSSR count). The van der Waals surface area contributed by atoms with E-state index in [1.165, 1.54) is 0 Å². The summed E-state index contributed by atoms with van der Waals surface area (Å²) >= 11 is 0. The minimum Gasteiger partial charge on any atom is -0.455 e. The van der Waals surface area contributed by atoms with E-state index in [-0.39, 0.29) is 0 Å². The number of pyridine rings is 3. The van der Waals surface area contributed by atoms with Crippen molar-refractivity contribution < 1.29 is 4.42 Å². The van der Waals surface area contributed by atoms with Crippen LogP contribution in [0.1, 0.15) is 0 Å². The Labute approximate surface area is 246 Å². The Bertz CT molecular complexity index is 2500. The van der Waals surface area contributed by atoms with E-state index >= 15 is 0 Å². The Morgan fingerprint density at radius 1 is 0.465 bits per heavy atom. The van der Waals surface area contributed by atoms with E-state index in [0.29, 0.717) is 0 Å². The quantitative estimate of drug-likeness (QED) is 0.206. The summed E-state index contributed by atoms with van der Waals surface area (Å²) in [5.41, 5.74) is 9.43. The molecule has 4 heteroatoms. The molecule has 0 atom stereocenters. The number of fused-ring (bicyclic) bond motifs is 8. The average molecular weight is 550 g/mol. The highest BCUT2D eigenvalue weighted by molar-refractivity contribution is 6.22. The van der Waals surface area contributed by atoms with E-state index in [2.05, 4.69) is 91.0 Å². The van der Waals surface area contributed by atoms with E-state index in [1.54, 1.807) is 0 Å². The number of aromatic nitrogens is 3. The zero-order valence-corrected chi connectivity index (χ0v) is 23.0. The lowest BCUT2D eigenvalue weighted by atomic mass is 9.96. The molecule has 4 aromatic heterocycles. The molecule has 0 radical (unpaired) electrons. The Morgan fingerprint density at radius 2 is 1.16 bits per heavy atom. The fourth-order valence-corrected chi connectivity index (χ4v) is 6.28. The second-order valence-electron chi connectivity index (χ2n) is 10.8. The SMILES string of the molecule is c1ccc(-c2ccc3ccc4ccc(-c5cccc6oc7c8ccccc8c(-c8ccccn8)cc7c56)nc4c3n2)cc1. The second kappa shape index (κ2) is 9.33. The van der Waals surface area contributed by atoms with Gasteiger partial charge in [0.1, 0.15) is 11.2 Å². The molecule has 0 saturated carbocycles. The molecule has 43 heavy (non-hydrogen) atoms. The lowest BCUT2D eigenvalue weighted by Gasteiger charge is -2.09. The van der Waals surface area contributed by atoms with E-state index in [1.807, 2.05) is 48.7 Å². The maximum Gasteiger partial charge on any atom is 0.143 e. The van der Waals surface area contributed by atoms with Crippen LogP contribution in [0, 0.1) is 0 Å². The third kappa shape index (κ3) is 3.74. The standard InChI is InChI=1S/C39H23N3O/c1-2-9-24(10-3-1)32-20-18-25-16-17-26-19-21-34(42-38(26)37(25)41-32)29-13-8-15-35-36(29)31-23-30(33-14-6-7-22-40-33)27-11-4-5-12-28(27)39(31)43-35/h1-23H. The van der Waals surface area contributed by atoms with Gasteiger partial charge in [-0.1, -0.05) is 97.1 Å². The van der Waals surface area contributed by atoms with Crippen LogP contribution in [0.15, 0.2) is 144 Å². The summed E-state index contributed by atoms with van der Waals surface area (Å²) < 4.78 is 6.58. The average Bonchev–Trinajstić information content (AvgIpc) is 3.47. The Hall–Kier alpha value is -5.87. The van der Waals surface area contributed by atoms with Gasteiger partial charge in [0.15, 0.2) is 0 Å². The van der Waals surface area contributed by atoms with Crippen molar-refractivity contribution in [2.75, 3.05) is 0 Å². The van der Waals surface area contributed by atoms with E-state index in [0.717, 1.165) is 88.3 Å². The molecule has 0 amide bonds. The number of nitrogens with zero attached hydrogens (tertiary/aromatic N) is 3. The molecular formula is C39H23N3O. The van der Waals surface area contributed by atoms with Gasteiger partial charge < -0.3 is 4.42 Å². The van der Waals surface area contributed by atoms with Crippen LogP contribution in [-0.2, 0) is 0 Å². The molecule has 4 heterocycles. The highest BCUT2D eigenvalue weighted by Crippen LogP contribution is 2.42.